The van der Waals surface area contributed by atoms with Crippen molar-refractivity contribution in [3.63, 3.8) is 0 Å². The highest BCUT2D eigenvalue weighted by molar-refractivity contribution is 5.96. The molecule has 33 heavy (non-hydrogen) atoms. The zero-order chi connectivity index (χ0) is 23.6. The number of allylic oxidation sites excluding steroid dienone is 2. The first-order valence-corrected chi connectivity index (χ1v) is 11.9. The van der Waals surface area contributed by atoms with E-state index in [1.165, 1.54) is 0 Å². The lowest BCUT2D eigenvalue weighted by Crippen LogP contribution is -2.62. The van der Waals surface area contributed by atoms with E-state index in [2.05, 4.69) is 17.6 Å². The number of piperidine rings is 1. The second-order valence-corrected chi connectivity index (χ2v) is 11.1. The van der Waals surface area contributed by atoms with Gasteiger partial charge in [0.1, 0.15) is 5.41 Å². The number of ketones is 1. The molecule has 4 aliphatic rings. The number of halogens is 3. The molecule has 2 saturated carbocycles. The molecule has 1 aromatic carbocycles. The Bertz CT molecular complexity index is 1010. The summed E-state index contributed by atoms with van der Waals surface area (Å²) in [5.74, 6) is -1.94. The number of carbonyl (C=O) groups is 2. The second kappa shape index (κ2) is 7.34. The number of anilines is 1. The predicted octanol–water partition coefficient (Wildman–Crippen LogP) is 5.47. The molecule has 3 aliphatic carbocycles. The van der Waals surface area contributed by atoms with Crippen LogP contribution in [0.3, 0.4) is 0 Å². The van der Waals surface area contributed by atoms with Crippen LogP contribution in [-0.4, -0.2) is 24.4 Å². The van der Waals surface area contributed by atoms with Crippen molar-refractivity contribution in [1.82, 2.24) is 5.32 Å². The summed E-state index contributed by atoms with van der Waals surface area (Å²) in [5, 5.41) is 5.95. The van der Waals surface area contributed by atoms with Gasteiger partial charge in [0.15, 0.2) is 5.78 Å². The maximum absolute atomic E-state index is 15.0. The number of amides is 1. The van der Waals surface area contributed by atoms with Crippen LogP contribution in [-0.2, 0) is 9.59 Å². The first kappa shape index (κ1) is 22.5. The number of hydrogen-bond acceptors (Lipinski definition) is 3. The quantitative estimate of drug-likeness (QED) is 0.615. The third kappa shape index (κ3) is 3.17. The van der Waals surface area contributed by atoms with E-state index in [0.29, 0.717) is 37.9 Å². The van der Waals surface area contributed by atoms with Gasteiger partial charge in [0.05, 0.1) is 0 Å². The van der Waals surface area contributed by atoms with E-state index in [4.69, 9.17) is 0 Å². The smallest absolute Gasteiger partial charge is 0.387 e. The van der Waals surface area contributed by atoms with Crippen molar-refractivity contribution >= 4 is 17.4 Å². The number of para-hydroxylation sites is 1. The van der Waals surface area contributed by atoms with Crippen LogP contribution in [0.4, 0.5) is 18.9 Å². The van der Waals surface area contributed by atoms with E-state index < -0.39 is 28.8 Å². The lowest BCUT2D eigenvalue weighted by Gasteiger charge is -2.59. The standard InChI is InChI=1S/C26H31F3N2O2/c1-23-10-9-19-18(15-30-20-14-17(32)8-11-24(19,20)2)21(23)25(13-12-23,26(27,28)29)22(33)31-16-6-4-3-5-7-16/h3-7,14,18-19,21,30H,8-13,15H2,1-2H3,(H,31,33)/t18-,19+,21+,23-,24-,25?/m1/s1. The molecule has 0 aromatic heterocycles. The average molecular weight is 461 g/mol. The third-order valence-corrected chi connectivity index (χ3v) is 9.44. The van der Waals surface area contributed by atoms with Crippen molar-refractivity contribution in [3.05, 3.63) is 42.1 Å². The maximum Gasteiger partial charge on any atom is 0.403 e. The molecule has 3 fully saturated rings. The van der Waals surface area contributed by atoms with E-state index >= 15 is 13.2 Å². The van der Waals surface area contributed by atoms with Crippen LogP contribution in [0.5, 0.6) is 0 Å². The summed E-state index contributed by atoms with van der Waals surface area (Å²) in [6.07, 6.45) is -0.229. The van der Waals surface area contributed by atoms with E-state index in [1.807, 2.05) is 6.92 Å². The number of hydrogen-bond donors (Lipinski definition) is 2. The van der Waals surface area contributed by atoms with Crippen molar-refractivity contribution in [3.8, 4) is 0 Å². The van der Waals surface area contributed by atoms with Crippen LogP contribution >= 0.6 is 0 Å². The van der Waals surface area contributed by atoms with Gasteiger partial charge in [0, 0.05) is 35.8 Å². The molecule has 1 aliphatic heterocycles. The second-order valence-electron chi connectivity index (χ2n) is 11.1. The molecule has 1 heterocycles. The van der Waals surface area contributed by atoms with Crippen LogP contribution in [0, 0.1) is 34.0 Å². The van der Waals surface area contributed by atoms with Gasteiger partial charge in [-0.05, 0) is 67.4 Å². The average Bonchev–Trinajstić information content (AvgIpc) is 3.10. The molecule has 0 bridgehead atoms. The lowest BCUT2D eigenvalue weighted by atomic mass is 9.47. The first-order valence-electron chi connectivity index (χ1n) is 11.9. The van der Waals surface area contributed by atoms with Crippen LogP contribution in [0.15, 0.2) is 42.1 Å². The lowest BCUT2D eigenvalue weighted by molar-refractivity contribution is -0.248. The Balaban J connectivity index is 1.58. The van der Waals surface area contributed by atoms with Crippen molar-refractivity contribution < 1.29 is 22.8 Å². The van der Waals surface area contributed by atoms with E-state index in [0.717, 1.165) is 12.1 Å². The van der Waals surface area contributed by atoms with E-state index in [1.54, 1.807) is 36.4 Å². The van der Waals surface area contributed by atoms with Gasteiger partial charge in [-0.3, -0.25) is 9.59 Å². The van der Waals surface area contributed by atoms with Gasteiger partial charge in [-0.2, -0.15) is 13.2 Å². The minimum Gasteiger partial charge on any atom is -0.387 e. The molecule has 0 radical (unpaired) electrons. The number of alkyl halides is 3. The minimum atomic E-state index is -4.66. The number of benzene rings is 1. The largest absolute Gasteiger partial charge is 0.403 e. The number of rotatable bonds is 2. The highest BCUT2D eigenvalue weighted by atomic mass is 19.4. The monoisotopic (exact) mass is 460 g/mol. The molecule has 6 atom stereocenters. The highest BCUT2D eigenvalue weighted by Gasteiger charge is 2.74. The fraction of sp³-hybridized carbons (Fsp3) is 0.615. The molecule has 2 N–H and O–H groups in total. The molecule has 1 saturated heterocycles. The Kier molecular flexibility index (Phi) is 5.00. The summed E-state index contributed by atoms with van der Waals surface area (Å²) in [5.41, 5.74) is -2.07. The summed E-state index contributed by atoms with van der Waals surface area (Å²) in [6.45, 7) is 4.41. The van der Waals surface area contributed by atoms with Gasteiger partial charge in [-0.25, -0.2) is 0 Å². The topological polar surface area (TPSA) is 58.2 Å². The third-order valence-electron chi connectivity index (χ3n) is 9.44. The fourth-order valence-electron chi connectivity index (χ4n) is 7.78. The summed E-state index contributed by atoms with van der Waals surface area (Å²) >= 11 is 0. The predicted molar refractivity (Wildman–Crippen MR) is 119 cm³/mol. The van der Waals surface area contributed by atoms with Gasteiger partial charge in [0.2, 0.25) is 5.91 Å². The normalized spacial score (nSPS) is 40.1. The Morgan fingerprint density at radius 1 is 1.09 bits per heavy atom. The molecule has 0 spiro atoms. The maximum atomic E-state index is 15.0. The Morgan fingerprint density at radius 3 is 2.52 bits per heavy atom. The van der Waals surface area contributed by atoms with Crippen molar-refractivity contribution in [2.24, 2.45) is 34.0 Å². The minimum absolute atomic E-state index is 0.0144. The van der Waals surface area contributed by atoms with E-state index in [9.17, 15) is 9.59 Å². The van der Waals surface area contributed by atoms with Crippen molar-refractivity contribution in [2.45, 2.75) is 58.5 Å². The van der Waals surface area contributed by atoms with E-state index in [-0.39, 0.29) is 29.5 Å². The molecular formula is C26H31F3N2O2. The van der Waals surface area contributed by atoms with Crippen molar-refractivity contribution in [2.75, 3.05) is 11.9 Å². The van der Waals surface area contributed by atoms with Gasteiger partial charge in [0.25, 0.3) is 0 Å². The summed E-state index contributed by atoms with van der Waals surface area (Å²) in [6, 6.07) is 8.42. The van der Waals surface area contributed by atoms with Crippen LogP contribution in [0.2, 0.25) is 0 Å². The number of fused-ring (bicyclic) bond motifs is 5. The Labute approximate surface area is 192 Å². The zero-order valence-corrected chi connectivity index (χ0v) is 19.1. The first-order chi connectivity index (χ1) is 15.5. The summed E-state index contributed by atoms with van der Waals surface area (Å²) < 4.78 is 45.0. The van der Waals surface area contributed by atoms with Crippen LogP contribution in [0.25, 0.3) is 0 Å². The van der Waals surface area contributed by atoms with Gasteiger partial charge in [-0.15, -0.1) is 0 Å². The van der Waals surface area contributed by atoms with Crippen molar-refractivity contribution in [1.29, 1.82) is 0 Å². The highest BCUT2D eigenvalue weighted by Crippen LogP contribution is 2.70. The van der Waals surface area contributed by atoms with Gasteiger partial charge >= 0.3 is 6.18 Å². The summed E-state index contributed by atoms with van der Waals surface area (Å²) in [7, 11) is 0. The molecule has 7 heteroatoms. The number of nitrogens with one attached hydrogen (secondary N) is 2. The van der Waals surface area contributed by atoms with Gasteiger partial charge in [-0.1, -0.05) is 32.0 Å². The zero-order valence-electron chi connectivity index (χ0n) is 19.1. The molecule has 1 unspecified atom stereocenters. The number of carbonyl (C=O) groups excluding carboxylic acids is 2. The SMILES string of the molecule is C[C@]12CC[C@H]3[C@@H](CNC4=CC(=O)CC[C@@]43C)[C@@H]1C(C(=O)Nc1ccccc1)(C(F)(F)F)CC2. The molecular weight excluding hydrogens is 429 g/mol. The summed E-state index contributed by atoms with van der Waals surface area (Å²) in [4.78, 5) is 25.6. The molecule has 178 valence electrons. The Hall–Kier alpha value is -2.31. The van der Waals surface area contributed by atoms with Gasteiger partial charge < -0.3 is 10.6 Å². The molecule has 1 aromatic rings. The molecule has 4 nitrogen and oxygen atoms in total. The fourth-order valence-corrected chi connectivity index (χ4v) is 7.78. The Morgan fingerprint density at radius 2 is 1.82 bits per heavy atom. The molecule has 1 amide bonds. The molecule has 5 rings (SSSR count). The van der Waals surface area contributed by atoms with Crippen LogP contribution in [0.1, 0.15) is 52.4 Å². The van der Waals surface area contributed by atoms with Crippen LogP contribution < -0.4 is 10.6 Å².